The second-order valence-corrected chi connectivity index (χ2v) is 3.52. The fourth-order valence-corrected chi connectivity index (χ4v) is 1.57. The molecule has 2 rings (SSSR count). The molecule has 13 heavy (non-hydrogen) atoms. The zero-order chi connectivity index (χ0) is 9.10. The van der Waals surface area contributed by atoms with Crippen molar-refractivity contribution in [2.45, 2.75) is 6.10 Å². The van der Waals surface area contributed by atoms with Crippen molar-refractivity contribution < 1.29 is 9.57 Å². The summed E-state index contributed by atoms with van der Waals surface area (Å²) in [6, 6.07) is 9.80. The van der Waals surface area contributed by atoms with Crippen LogP contribution in [0.25, 0.3) is 0 Å². The van der Waals surface area contributed by atoms with Gasteiger partial charge in [0.25, 0.3) is 0 Å². The van der Waals surface area contributed by atoms with E-state index < -0.39 is 0 Å². The predicted molar refractivity (Wildman–Crippen MR) is 53.2 cm³/mol. The second kappa shape index (κ2) is 4.05. The minimum atomic E-state index is 0.139. The fourth-order valence-electron chi connectivity index (χ4n) is 1.25. The highest BCUT2D eigenvalue weighted by Crippen LogP contribution is 2.17. The van der Waals surface area contributed by atoms with Crippen LogP contribution >= 0.6 is 9.39 Å². The first kappa shape index (κ1) is 8.95. The van der Waals surface area contributed by atoms with E-state index in [0.29, 0.717) is 6.61 Å². The molecule has 0 N–H and O–H groups in total. The molecule has 2 atom stereocenters. The SMILES string of the molecule is PN1CC(Oc2ccccc2)CO1. The van der Waals surface area contributed by atoms with Crippen molar-refractivity contribution in [3.8, 4) is 5.75 Å². The van der Waals surface area contributed by atoms with Crippen molar-refractivity contribution >= 4 is 9.39 Å². The van der Waals surface area contributed by atoms with Crippen molar-refractivity contribution in [3.05, 3.63) is 30.3 Å². The first-order chi connectivity index (χ1) is 6.34. The van der Waals surface area contributed by atoms with Gasteiger partial charge in [0.2, 0.25) is 0 Å². The highest BCUT2D eigenvalue weighted by atomic mass is 31.0. The van der Waals surface area contributed by atoms with Crippen LogP contribution < -0.4 is 4.74 Å². The smallest absolute Gasteiger partial charge is 0.139 e. The molecule has 1 aromatic carbocycles. The summed E-state index contributed by atoms with van der Waals surface area (Å²) in [5.74, 6) is 0.899. The largest absolute Gasteiger partial charge is 0.486 e. The van der Waals surface area contributed by atoms with Crippen molar-refractivity contribution in [1.29, 1.82) is 0 Å². The summed E-state index contributed by atoms with van der Waals surface area (Å²) >= 11 is 0. The third kappa shape index (κ3) is 2.41. The van der Waals surface area contributed by atoms with Crippen LogP contribution in [0.3, 0.4) is 0 Å². The molecule has 3 nitrogen and oxygen atoms in total. The lowest BCUT2D eigenvalue weighted by Gasteiger charge is -2.10. The van der Waals surface area contributed by atoms with E-state index in [9.17, 15) is 0 Å². The Morgan fingerprint density at radius 3 is 2.77 bits per heavy atom. The van der Waals surface area contributed by atoms with Crippen LogP contribution in [0.2, 0.25) is 0 Å². The van der Waals surface area contributed by atoms with Crippen LogP contribution in [0.15, 0.2) is 30.3 Å². The molecule has 70 valence electrons. The molecule has 0 saturated carbocycles. The van der Waals surface area contributed by atoms with Crippen LogP contribution in [0, 0.1) is 0 Å². The minimum absolute atomic E-state index is 0.139. The molecule has 1 aliphatic heterocycles. The van der Waals surface area contributed by atoms with E-state index in [2.05, 4.69) is 9.39 Å². The summed E-state index contributed by atoms with van der Waals surface area (Å²) in [4.78, 5) is 6.92. The van der Waals surface area contributed by atoms with Crippen LogP contribution in [0.1, 0.15) is 0 Å². The Labute approximate surface area is 79.8 Å². The van der Waals surface area contributed by atoms with Gasteiger partial charge in [0.1, 0.15) is 18.5 Å². The lowest BCUT2D eigenvalue weighted by molar-refractivity contribution is -0.0221. The minimum Gasteiger partial charge on any atom is -0.486 e. The average Bonchev–Trinajstić information content (AvgIpc) is 2.53. The fraction of sp³-hybridized carbons (Fsp3) is 0.333. The summed E-state index contributed by atoms with van der Waals surface area (Å²) in [6.45, 7) is 1.41. The van der Waals surface area contributed by atoms with Gasteiger partial charge in [-0.15, -0.1) is 0 Å². The van der Waals surface area contributed by atoms with Gasteiger partial charge < -0.3 is 4.74 Å². The van der Waals surface area contributed by atoms with Gasteiger partial charge in [-0.05, 0) is 21.5 Å². The van der Waals surface area contributed by atoms with Gasteiger partial charge in [-0.2, -0.15) is 4.83 Å². The molecule has 0 spiro atoms. The molecule has 1 aromatic rings. The molecule has 0 radical (unpaired) electrons. The van der Waals surface area contributed by atoms with Gasteiger partial charge in [0.05, 0.1) is 6.54 Å². The first-order valence-corrected chi connectivity index (χ1v) is 4.73. The molecule has 1 heterocycles. The summed E-state index contributed by atoms with van der Waals surface area (Å²) < 4.78 is 5.67. The van der Waals surface area contributed by atoms with Crippen LogP contribution in [0.5, 0.6) is 5.75 Å². The number of nitrogens with zero attached hydrogens (tertiary/aromatic N) is 1. The number of hydroxylamine groups is 1. The third-order valence-electron chi connectivity index (χ3n) is 1.86. The molecule has 0 aromatic heterocycles. The topological polar surface area (TPSA) is 21.7 Å². The van der Waals surface area contributed by atoms with E-state index in [4.69, 9.17) is 9.57 Å². The molecule has 1 saturated heterocycles. The number of ether oxygens (including phenoxy) is 1. The maximum Gasteiger partial charge on any atom is 0.139 e. The normalized spacial score (nSPS) is 23.3. The van der Waals surface area contributed by atoms with Crippen molar-refractivity contribution in [2.24, 2.45) is 0 Å². The summed E-state index contributed by atoms with van der Waals surface area (Å²) in [5, 5.41) is 0. The Balaban J connectivity index is 1.92. The average molecular weight is 197 g/mol. The highest BCUT2D eigenvalue weighted by Gasteiger charge is 2.21. The Kier molecular flexibility index (Phi) is 2.79. The molecule has 0 aliphatic carbocycles. The maximum atomic E-state index is 5.67. The van der Waals surface area contributed by atoms with Gasteiger partial charge in [-0.1, -0.05) is 18.2 Å². The molecular formula is C9H12NO2P. The van der Waals surface area contributed by atoms with E-state index in [1.54, 1.807) is 4.83 Å². The van der Waals surface area contributed by atoms with Crippen LogP contribution in [-0.4, -0.2) is 24.1 Å². The van der Waals surface area contributed by atoms with Gasteiger partial charge in [0, 0.05) is 0 Å². The highest BCUT2D eigenvalue weighted by molar-refractivity contribution is 7.13. The van der Waals surface area contributed by atoms with E-state index in [0.717, 1.165) is 12.3 Å². The molecule has 2 unspecified atom stereocenters. The van der Waals surface area contributed by atoms with Crippen LogP contribution in [-0.2, 0) is 4.84 Å². The molecule has 1 fully saturated rings. The number of rotatable bonds is 2. The number of hydrogen-bond acceptors (Lipinski definition) is 3. The lowest BCUT2D eigenvalue weighted by atomic mass is 10.3. The molecule has 0 amide bonds. The van der Waals surface area contributed by atoms with E-state index in [-0.39, 0.29) is 6.10 Å². The number of para-hydroxylation sites is 1. The summed E-state index contributed by atoms with van der Waals surface area (Å²) in [5.41, 5.74) is 0. The molecular weight excluding hydrogens is 185 g/mol. The second-order valence-electron chi connectivity index (χ2n) is 2.95. The quantitative estimate of drug-likeness (QED) is 0.670. The molecule has 0 bridgehead atoms. The van der Waals surface area contributed by atoms with Crippen molar-refractivity contribution in [1.82, 2.24) is 4.83 Å². The number of hydrogen-bond donors (Lipinski definition) is 0. The van der Waals surface area contributed by atoms with Crippen molar-refractivity contribution in [3.63, 3.8) is 0 Å². The molecule has 4 heteroatoms. The monoisotopic (exact) mass is 197 g/mol. The van der Waals surface area contributed by atoms with Gasteiger partial charge in [0.15, 0.2) is 0 Å². The first-order valence-electron chi connectivity index (χ1n) is 4.21. The Hall–Kier alpha value is -0.630. The number of benzene rings is 1. The lowest BCUT2D eigenvalue weighted by Crippen LogP contribution is -2.20. The van der Waals surface area contributed by atoms with Gasteiger partial charge in [-0.25, -0.2) is 0 Å². The Morgan fingerprint density at radius 2 is 2.15 bits per heavy atom. The Morgan fingerprint density at radius 1 is 1.38 bits per heavy atom. The zero-order valence-electron chi connectivity index (χ0n) is 7.22. The summed E-state index contributed by atoms with van der Waals surface area (Å²) in [7, 11) is 2.49. The van der Waals surface area contributed by atoms with E-state index in [1.165, 1.54) is 0 Å². The Bertz CT molecular complexity index is 268. The predicted octanol–water partition coefficient (Wildman–Crippen LogP) is 1.47. The van der Waals surface area contributed by atoms with Gasteiger partial charge in [-0.3, -0.25) is 4.84 Å². The van der Waals surface area contributed by atoms with Crippen LogP contribution in [0.4, 0.5) is 0 Å². The van der Waals surface area contributed by atoms with Gasteiger partial charge >= 0.3 is 0 Å². The van der Waals surface area contributed by atoms with Crippen molar-refractivity contribution in [2.75, 3.05) is 13.2 Å². The zero-order valence-corrected chi connectivity index (χ0v) is 8.37. The summed E-state index contributed by atoms with van der Waals surface area (Å²) in [6.07, 6.45) is 0.139. The standard InChI is InChI=1S/C9H12NO2P/c13-10-6-9(7-11-10)12-8-4-2-1-3-5-8/h1-5,9H,6-7,13H2. The van der Waals surface area contributed by atoms with E-state index >= 15 is 0 Å². The molecule has 1 aliphatic rings. The maximum absolute atomic E-state index is 5.67. The third-order valence-corrected chi connectivity index (χ3v) is 2.22. The van der Waals surface area contributed by atoms with E-state index in [1.807, 2.05) is 30.3 Å².